The van der Waals surface area contributed by atoms with Crippen LogP contribution in [0.3, 0.4) is 0 Å². The maximum absolute atomic E-state index is 13.0. The van der Waals surface area contributed by atoms with Crippen molar-refractivity contribution in [1.82, 2.24) is 24.1 Å². The van der Waals surface area contributed by atoms with Crippen LogP contribution in [0.5, 0.6) is 0 Å². The third-order valence-electron chi connectivity index (χ3n) is 6.52. The second-order valence-corrected chi connectivity index (χ2v) is 10.7. The van der Waals surface area contributed by atoms with Crippen molar-refractivity contribution in [1.29, 1.82) is 0 Å². The molecule has 0 bridgehead atoms. The van der Waals surface area contributed by atoms with E-state index in [9.17, 15) is 13.2 Å². The van der Waals surface area contributed by atoms with E-state index in [0.29, 0.717) is 25.9 Å². The van der Waals surface area contributed by atoms with Crippen LogP contribution in [0.4, 0.5) is 0 Å². The van der Waals surface area contributed by atoms with Gasteiger partial charge in [-0.05, 0) is 38.2 Å². The molecule has 1 aromatic heterocycles. The fourth-order valence-electron chi connectivity index (χ4n) is 4.55. The highest BCUT2D eigenvalue weighted by molar-refractivity contribution is 7.89. The van der Waals surface area contributed by atoms with Gasteiger partial charge in [0.15, 0.2) is 5.03 Å². The van der Waals surface area contributed by atoms with Crippen LogP contribution in [0.25, 0.3) is 0 Å². The SMILES string of the molecule is CCn1cnc(S(=O)(=O)N2CCC[C@@H](C(=O)NC3CCN(Cc4ccccc4)CC3)C2)c1. The Bertz CT molecular complexity index is 1000. The minimum Gasteiger partial charge on any atom is -0.353 e. The highest BCUT2D eigenvalue weighted by atomic mass is 32.2. The number of hydrogen-bond acceptors (Lipinski definition) is 5. The van der Waals surface area contributed by atoms with Gasteiger partial charge in [0.05, 0.1) is 12.2 Å². The van der Waals surface area contributed by atoms with Crippen molar-refractivity contribution < 1.29 is 13.2 Å². The molecule has 1 N–H and O–H groups in total. The molecule has 2 aliphatic heterocycles. The molecule has 0 saturated carbocycles. The largest absolute Gasteiger partial charge is 0.353 e. The average molecular weight is 460 g/mol. The fourth-order valence-corrected chi connectivity index (χ4v) is 6.01. The molecule has 3 heterocycles. The highest BCUT2D eigenvalue weighted by Gasteiger charge is 2.35. The molecule has 32 heavy (non-hydrogen) atoms. The topological polar surface area (TPSA) is 87.5 Å². The second kappa shape index (κ2) is 10.1. The molecule has 1 amide bonds. The van der Waals surface area contributed by atoms with Gasteiger partial charge in [-0.3, -0.25) is 9.69 Å². The number of carbonyl (C=O) groups excluding carboxylic acids is 1. The van der Waals surface area contributed by atoms with E-state index < -0.39 is 10.0 Å². The maximum atomic E-state index is 13.0. The number of nitrogens with zero attached hydrogens (tertiary/aromatic N) is 4. The smallest absolute Gasteiger partial charge is 0.262 e. The van der Waals surface area contributed by atoms with E-state index >= 15 is 0 Å². The molecule has 2 saturated heterocycles. The Balaban J connectivity index is 1.28. The van der Waals surface area contributed by atoms with Crippen LogP contribution in [0.15, 0.2) is 47.9 Å². The zero-order valence-corrected chi connectivity index (χ0v) is 19.5. The van der Waals surface area contributed by atoms with Gasteiger partial charge >= 0.3 is 0 Å². The van der Waals surface area contributed by atoms with Gasteiger partial charge in [-0.2, -0.15) is 4.31 Å². The summed E-state index contributed by atoms with van der Waals surface area (Å²) in [5, 5.41) is 3.25. The first-order chi connectivity index (χ1) is 15.5. The number of carbonyl (C=O) groups is 1. The number of benzene rings is 1. The normalized spacial score (nSPS) is 21.5. The molecule has 0 spiro atoms. The maximum Gasteiger partial charge on any atom is 0.262 e. The fraction of sp³-hybridized carbons (Fsp3) is 0.565. The molecule has 1 aromatic carbocycles. The Morgan fingerprint density at radius 2 is 1.88 bits per heavy atom. The van der Waals surface area contributed by atoms with Crippen molar-refractivity contribution in [3.63, 3.8) is 0 Å². The summed E-state index contributed by atoms with van der Waals surface area (Å²) in [6.45, 7) is 6.09. The number of aromatic nitrogens is 2. The number of imidazole rings is 1. The Morgan fingerprint density at radius 1 is 1.12 bits per heavy atom. The zero-order chi connectivity index (χ0) is 22.6. The quantitative estimate of drug-likeness (QED) is 0.685. The summed E-state index contributed by atoms with van der Waals surface area (Å²) >= 11 is 0. The molecule has 0 radical (unpaired) electrons. The minimum atomic E-state index is -3.67. The summed E-state index contributed by atoms with van der Waals surface area (Å²) in [4.78, 5) is 19.4. The van der Waals surface area contributed by atoms with Gasteiger partial charge in [-0.1, -0.05) is 30.3 Å². The first-order valence-corrected chi connectivity index (χ1v) is 13.0. The molecule has 8 nitrogen and oxygen atoms in total. The molecule has 4 rings (SSSR count). The van der Waals surface area contributed by atoms with Crippen LogP contribution in [0.2, 0.25) is 0 Å². The molecule has 0 unspecified atom stereocenters. The van der Waals surface area contributed by atoms with Crippen molar-refractivity contribution in [3.05, 3.63) is 48.4 Å². The third-order valence-corrected chi connectivity index (χ3v) is 8.27. The molecule has 1 atom stereocenters. The van der Waals surface area contributed by atoms with Gasteiger partial charge in [0.1, 0.15) is 0 Å². The van der Waals surface area contributed by atoms with Gasteiger partial charge in [0, 0.05) is 51.5 Å². The van der Waals surface area contributed by atoms with Crippen LogP contribution in [-0.4, -0.2) is 65.3 Å². The van der Waals surface area contributed by atoms with Crippen molar-refractivity contribution >= 4 is 15.9 Å². The number of piperidine rings is 2. The Labute approximate surface area is 190 Å². The monoisotopic (exact) mass is 459 g/mol. The standard InChI is InChI=1S/C23H33N5O3S/c1-2-26-17-22(24-18-26)32(30,31)28-12-6-9-20(16-28)23(29)25-21-10-13-27(14-11-21)15-19-7-4-3-5-8-19/h3-5,7-8,17-18,20-21H,2,6,9-16H2,1H3,(H,25,29)/t20-/m1/s1. The minimum absolute atomic E-state index is 0.0227. The molecule has 9 heteroatoms. The van der Waals surface area contributed by atoms with Crippen LogP contribution < -0.4 is 5.32 Å². The summed E-state index contributed by atoms with van der Waals surface area (Å²) in [5.41, 5.74) is 1.31. The molecule has 174 valence electrons. The van der Waals surface area contributed by atoms with E-state index in [0.717, 1.165) is 32.5 Å². The van der Waals surface area contributed by atoms with Crippen molar-refractivity contribution in [2.75, 3.05) is 26.2 Å². The Morgan fingerprint density at radius 3 is 2.56 bits per heavy atom. The van der Waals surface area contributed by atoms with E-state index in [2.05, 4.69) is 39.5 Å². The summed E-state index contributed by atoms with van der Waals surface area (Å²) in [6, 6.07) is 10.6. The number of nitrogens with one attached hydrogen (secondary N) is 1. The van der Waals surface area contributed by atoms with Crippen LogP contribution >= 0.6 is 0 Å². The predicted molar refractivity (Wildman–Crippen MR) is 122 cm³/mol. The Hall–Kier alpha value is -2.23. The van der Waals surface area contributed by atoms with E-state index in [1.165, 1.54) is 16.2 Å². The lowest BCUT2D eigenvalue weighted by Crippen LogP contribution is -2.50. The highest BCUT2D eigenvalue weighted by Crippen LogP contribution is 2.24. The van der Waals surface area contributed by atoms with Crippen LogP contribution in [0.1, 0.15) is 38.2 Å². The van der Waals surface area contributed by atoms with Gasteiger partial charge in [0.2, 0.25) is 5.91 Å². The van der Waals surface area contributed by atoms with Crippen LogP contribution in [-0.2, 0) is 27.9 Å². The van der Waals surface area contributed by atoms with E-state index in [4.69, 9.17) is 0 Å². The van der Waals surface area contributed by atoms with E-state index in [-0.39, 0.29) is 29.4 Å². The second-order valence-electron chi connectivity index (χ2n) is 8.79. The summed E-state index contributed by atoms with van der Waals surface area (Å²) < 4.78 is 29.1. The molecule has 2 fully saturated rings. The number of amides is 1. The Kier molecular flexibility index (Phi) is 7.27. The van der Waals surface area contributed by atoms with Crippen molar-refractivity contribution in [3.8, 4) is 0 Å². The summed E-state index contributed by atoms with van der Waals surface area (Å²) in [7, 11) is -3.67. The number of aryl methyl sites for hydroxylation is 1. The number of hydrogen-bond donors (Lipinski definition) is 1. The molecule has 2 aromatic rings. The predicted octanol–water partition coefficient (Wildman–Crippen LogP) is 2.08. The van der Waals surface area contributed by atoms with E-state index in [1.54, 1.807) is 10.8 Å². The van der Waals surface area contributed by atoms with Gasteiger partial charge in [-0.15, -0.1) is 0 Å². The lowest BCUT2D eigenvalue weighted by atomic mass is 9.97. The first-order valence-electron chi connectivity index (χ1n) is 11.5. The van der Waals surface area contributed by atoms with Gasteiger partial charge in [0.25, 0.3) is 10.0 Å². The lowest BCUT2D eigenvalue weighted by Gasteiger charge is -2.35. The first kappa shape index (κ1) is 22.9. The number of sulfonamides is 1. The number of likely N-dealkylation sites (tertiary alicyclic amines) is 1. The van der Waals surface area contributed by atoms with Crippen molar-refractivity contribution in [2.24, 2.45) is 5.92 Å². The zero-order valence-electron chi connectivity index (χ0n) is 18.7. The summed E-state index contributed by atoms with van der Waals surface area (Å²) in [6.07, 6.45) is 6.33. The lowest BCUT2D eigenvalue weighted by molar-refractivity contribution is -0.127. The van der Waals surface area contributed by atoms with Gasteiger partial charge in [-0.25, -0.2) is 13.4 Å². The van der Waals surface area contributed by atoms with Crippen LogP contribution in [0, 0.1) is 5.92 Å². The van der Waals surface area contributed by atoms with Gasteiger partial charge < -0.3 is 9.88 Å². The molecule has 0 aliphatic carbocycles. The van der Waals surface area contributed by atoms with E-state index in [1.807, 2.05) is 13.0 Å². The third kappa shape index (κ3) is 5.39. The van der Waals surface area contributed by atoms with Crippen molar-refractivity contribution in [2.45, 2.75) is 56.8 Å². The summed E-state index contributed by atoms with van der Waals surface area (Å²) in [5.74, 6) is -0.334. The molecular weight excluding hydrogens is 426 g/mol. The number of rotatable bonds is 7. The molecular formula is C23H33N5O3S. The molecule has 2 aliphatic rings. The average Bonchev–Trinajstić information content (AvgIpc) is 3.31.